The molecule has 1 fully saturated rings. The number of carboxylic acid groups (broad SMARTS) is 1. The first-order chi connectivity index (χ1) is 9.34. The number of nitrogens with one attached hydrogen (secondary N) is 1. The topological polar surface area (TPSA) is 82.5 Å². The highest BCUT2D eigenvalue weighted by Gasteiger charge is 2.47. The van der Waals surface area contributed by atoms with Gasteiger partial charge in [-0.05, 0) is 37.8 Å². The maximum Gasteiger partial charge on any atom is 0.329 e. The Balaban J connectivity index is 2.14. The maximum absolute atomic E-state index is 11.7. The van der Waals surface area contributed by atoms with Crippen LogP contribution in [0.4, 0.5) is 5.82 Å². The monoisotopic (exact) mass is 277 g/mol. The fourth-order valence-corrected chi connectivity index (χ4v) is 2.11. The van der Waals surface area contributed by atoms with Gasteiger partial charge in [-0.3, -0.25) is 4.79 Å². The van der Waals surface area contributed by atoms with Gasteiger partial charge in [-0.1, -0.05) is 0 Å². The van der Waals surface area contributed by atoms with E-state index in [1.54, 1.807) is 33.2 Å². The van der Waals surface area contributed by atoms with Crippen LogP contribution in [0.15, 0.2) is 18.3 Å². The minimum absolute atomic E-state index is 0.130. The van der Waals surface area contributed by atoms with Crippen molar-refractivity contribution in [3.63, 3.8) is 0 Å². The Kier molecular flexibility index (Phi) is 3.65. The second kappa shape index (κ2) is 5.11. The molecule has 1 aromatic rings. The molecule has 6 heteroatoms. The van der Waals surface area contributed by atoms with E-state index in [1.165, 1.54) is 11.1 Å². The van der Waals surface area contributed by atoms with Crippen molar-refractivity contribution in [2.45, 2.75) is 25.3 Å². The van der Waals surface area contributed by atoms with Crippen LogP contribution in [0, 0.1) is 5.92 Å². The number of carbonyl (C=O) groups excluding carboxylic acids is 1. The molecule has 0 aliphatic heterocycles. The van der Waals surface area contributed by atoms with Crippen molar-refractivity contribution < 1.29 is 14.7 Å². The summed E-state index contributed by atoms with van der Waals surface area (Å²) in [5.41, 5.74) is -0.524. The van der Waals surface area contributed by atoms with Crippen molar-refractivity contribution in [2.75, 3.05) is 19.4 Å². The summed E-state index contributed by atoms with van der Waals surface area (Å²) >= 11 is 0. The van der Waals surface area contributed by atoms with Gasteiger partial charge in [0, 0.05) is 20.3 Å². The van der Waals surface area contributed by atoms with Crippen LogP contribution in [-0.4, -0.2) is 46.5 Å². The molecule has 2 N–H and O–H groups in total. The Bertz CT molecular complexity index is 523. The molecule has 108 valence electrons. The van der Waals surface area contributed by atoms with Crippen LogP contribution in [0.25, 0.3) is 0 Å². The van der Waals surface area contributed by atoms with E-state index in [1.807, 2.05) is 0 Å². The summed E-state index contributed by atoms with van der Waals surface area (Å²) in [4.78, 5) is 28.8. The average molecular weight is 277 g/mol. The Morgan fingerprint density at radius 3 is 2.45 bits per heavy atom. The van der Waals surface area contributed by atoms with E-state index in [0.29, 0.717) is 11.4 Å². The molecular weight excluding hydrogens is 258 g/mol. The zero-order chi connectivity index (χ0) is 14.9. The molecule has 1 heterocycles. The van der Waals surface area contributed by atoms with E-state index in [4.69, 9.17) is 0 Å². The van der Waals surface area contributed by atoms with Gasteiger partial charge in [0.2, 0.25) is 0 Å². The van der Waals surface area contributed by atoms with Gasteiger partial charge in [-0.25, -0.2) is 9.78 Å². The molecule has 20 heavy (non-hydrogen) atoms. The maximum atomic E-state index is 11.7. The van der Waals surface area contributed by atoms with Gasteiger partial charge >= 0.3 is 5.97 Å². The Morgan fingerprint density at radius 2 is 2.05 bits per heavy atom. The van der Waals surface area contributed by atoms with Gasteiger partial charge in [0.15, 0.2) is 0 Å². The molecule has 1 saturated carbocycles. The smallest absolute Gasteiger partial charge is 0.329 e. The van der Waals surface area contributed by atoms with Gasteiger partial charge in [0.25, 0.3) is 5.91 Å². The van der Waals surface area contributed by atoms with Crippen molar-refractivity contribution in [3.05, 3.63) is 23.9 Å². The number of carbonyl (C=O) groups is 2. The van der Waals surface area contributed by atoms with Crippen molar-refractivity contribution >= 4 is 17.7 Å². The van der Waals surface area contributed by atoms with E-state index < -0.39 is 11.5 Å². The molecule has 1 unspecified atom stereocenters. The minimum atomic E-state index is -1.000. The largest absolute Gasteiger partial charge is 0.480 e. The number of pyridine rings is 1. The molecule has 1 aliphatic carbocycles. The van der Waals surface area contributed by atoms with E-state index in [2.05, 4.69) is 10.3 Å². The Morgan fingerprint density at radius 1 is 1.40 bits per heavy atom. The minimum Gasteiger partial charge on any atom is -0.480 e. The highest BCUT2D eigenvalue weighted by molar-refractivity contribution is 5.93. The van der Waals surface area contributed by atoms with Crippen LogP contribution in [-0.2, 0) is 4.79 Å². The molecule has 0 saturated heterocycles. The zero-order valence-electron chi connectivity index (χ0n) is 11.9. The summed E-state index contributed by atoms with van der Waals surface area (Å²) < 4.78 is 0. The lowest BCUT2D eigenvalue weighted by Gasteiger charge is -2.26. The second-order valence-electron chi connectivity index (χ2n) is 5.54. The van der Waals surface area contributed by atoms with Gasteiger partial charge in [0.1, 0.15) is 11.4 Å². The van der Waals surface area contributed by atoms with Crippen LogP contribution in [0.2, 0.25) is 0 Å². The first kappa shape index (κ1) is 14.3. The van der Waals surface area contributed by atoms with E-state index in [9.17, 15) is 14.7 Å². The number of rotatable bonds is 5. The summed E-state index contributed by atoms with van der Waals surface area (Å²) in [5.74, 6) is -0.413. The van der Waals surface area contributed by atoms with Crippen LogP contribution < -0.4 is 5.32 Å². The summed E-state index contributed by atoms with van der Waals surface area (Å²) in [6.45, 7) is 1.67. The fraction of sp³-hybridized carbons (Fsp3) is 0.500. The predicted molar refractivity (Wildman–Crippen MR) is 74.6 cm³/mol. The molecule has 0 radical (unpaired) electrons. The lowest BCUT2D eigenvalue weighted by atomic mass is 9.96. The number of carboxylic acids is 1. The molecule has 0 aromatic carbocycles. The number of anilines is 1. The van der Waals surface area contributed by atoms with Crippen LogP contribution in [0.3, 0.4) is 0 Å². The van der Waals surface area contributed by atoms with E-state index in [0.717, 1.165) is 12.8 Å². The average Bonchev–Trinajstić information content (AvgIpc) is 3.23. The highest BCUT2D eigenvalue weighted by atomic mass is 16.4. The fourth-order valence-electron chi connectivity index (χ4n) is 2.11. The standard InChI is InChI=1S/C14H19N3O3/c1-14(13(19)20,10-5-6-10)16-11-7-4-9(8-15-11)12(18)17(2)3/h4,7-8,10H,5-6H2,1-3H3,(H,15,16)(H,19,20). The third-order valence-electron chi connectivity index (χ3n) is 3.64. The Labute approximate surface area is 117 Å². The van der Waals surface area contributed by atoms with Crippen molar-refractivity contribution in [3.8, 4) is 0 Å². The molecule has 6 nitrogen and oxygen atoms in total. The van der Waals surface area contributed by atoms with Gasteiger partial charge in [-0.15, -0.1) is 0 Å². The van der Waals surface area contributed by atoms with Gasteiger partial charge in [0.05, 0.1) is 5.56 Å². The third kappa shape index (κ3) is 2.74. The SMILES string of the molecule is CN(C)C(=O)c1ccc(NC(C)(C(=O)O)C2CC2)nc1. The van der Waals surface area contributed by atoms with E-state index in [-0.39, 0.29) is 11.8 Å². The number of hydrogen-bond donors (Lipinski definition) is 2. The summed E-state index contributed by atoms with van der Waals surface area (Å²) in [5, 5.41) is 12.3. The molecule has 1 amide bonds. The first-order valence-corrected chi connectivity index (χ1v) is 6.54. The normalized spacial score (nSPS) is 17.1. The second-order valence-corrected chi connectivity index (χ2v) is 5.54. The van der Waals surface area contributed by atoms with Gasteiger partial charge in [-0.2, -0.15) is 0 Å². The number of nitrogens with zero attached hydrogens (tertiary/aromatic N) is 2. The number of aromatic nitrogens is 1. The van der Waals surface area contributed by atoms with Crippen LogP contribution in [0.1, 0.15) is 30.1 Å². The number of amides is 1. The van der Waals surface area contributed by atoms with Crippen LogP contribution >= 0.6 is 0 Å². The molecule has 1 aliphatic rings. The first-order valence-electron chi connectivity index (χ1n) is 6.54. The summed E-state index contributed by atoms with van der Waals surface area (Å²) in [6, 6.07) is 3.28. The predicted octanol–water partition coefficient (Wildman–Crippen LogP) is 1.45. The summed E-state index contributed by atoms with van der Waals surface area (Å²) in [6.07, 6.45) is 3.28. The lowest BCUT2D eigenvalue weighted by molar-refractivity contribution is -0.142. The van der Waals surface area contributed by atoms with E-state index >= 15 is 0 Å². The number of aliphatic carboxylic acids is 1. The lowest BCUT2D eigenvalue weighted by Crippen LogP contribution is -2.45. The molecule has 0 bridgehead atoms. The van der Waals surface area contributed by atoms with Crippen molar-refractivity contribution in [1.29, 1.82) is 0 Å². The third-order valence-corrected chi connectivity index (χ3v) is 3.64. The van der Waals surface area contributed by atoms with Crippen molar-refractivity contribution in [2.24, 2.45) is 5.92 Å². The molecule has 1 aromatic heterocycles. The number of hydrogen-bond acceptors (Lipinski definition) is 4. The zero-order valence-corrected chi connectivity index (χ0v) is 11.9. The molecular formula is C14H19N3O3. The van der Waals surface area contributed by atoms with Gasteiger partial charge < -0.3 is 15.3 Å². The quantitative estimate of drug-likeness (QED) is 0.851. The Hall–Kier alpha value is -2.11. The molecule has 0 spiro atoms. The summed E-state index contributed by atoms with van der Waals surface area (Å²) in [7, 11) is 3.34. The van der Waals surface area contributed by atoms with Crippen LogP contribution in [0.5, 0.6) is 0 Å². The molecule has 2 rings (SSSR count). The molecule has 1 atom stereocenters. The van der Waals surface area contributed by atoms with Crippen molar-refractivity contribution in [1.82, 2.24) is 9.88 Å². The highest BCUT2D eigenvalue weighted by Crippen LogP contribution is 2.41.